The van der Waals surface area contributed by atoms with E-state index in [1.807, 2.05) is 19.1 Å². The minimum atomic E-state index is -0.391. The molecule has 0 aromatic heterocycles. The summed E-state index contributed by atoms with van der Waals surface area (Å²) in [4.78, 5) is 16.2. The van der Waals surface area contributed by atoms with Gasteiger partial charge < -0.3 is 10.6 Å². The fraction of sp³-hybridized carbons (Fsp3) is 0.333. The lowest BCUT2D eigenvalue weighted by Crippen LogP contribution is -2.16. The Labute approximate surface area is 94.1 Å². The van der Waals surface area contributed by atoms with E-state index in [-0.39, 0.29) is 0 Å². The second kappa shape index (κ2) is 4.35. The Bertz CT molecular complexity index is 452. The molecule has 1 aromatic carbocycles. The van der Waals surface area contributed by atoms with Gasteiger partial charge in [-0.3, -0.25) is 4.79 Å². The molecule has 1 aliphatic rings. The van der Waals surface area contributed by atoms with E-state index < -0.39 is 5.91 Å². The van der Waals surface area contributed by atoms with Crippen LogP contribution in [-0.4, -0.2) is 18.2 Å². The first-order chi connectivity index (χ1) is 7.68. The van der Waals surface area contributed by atoms with Crippen molar-refractivity contribution in [1.82, 2.24) is 0 Å². The number of hydrogen-bond donors (Lipinski definition) is 1. The normalized spacial score (nSPS) is 14.4. The predicted octanol–water partition coefficient (Wildman–Crippen LogP) is 1.41. The fourth-order valence-corrected chi connectivity index (χ4v) is 1.84. The molecule has 0 spiro atoms. The number of nitrogens with zero attached hydrogens (tertiary/aromatic N) is 1. The number of oxime groups is 1. The number of hydrogen-bond acceptors (Lipinski definition) is 3. The Morgan fingerprint density at radius 1 is 1.56 bits per heavy atom. The van der Waals surface area contributed by atoms with E-state index in [9.17, 15) is 4.79 Å². The number of rotatable bonds is 3. The molecule has 0 saturated carbocycles. The van der Waals surface area contributed by atoms with Crippen molar-refractivity contribution >= 4 is 11.6 Å². The number of carbonyl (C=O) groups is 1. The van der Waals surface area contributed by atoms with Crippen LogP contribution in [0.2, 0.25) is 0 Å². The lowest BCUT2D eigenvalue weighted by atomic mass is 9.96. The van der Waals surface area contributed by atoms with E-state index in [0.717, 1.165) is 23.3 Å². The summed E-state index contributed by atoms with van der Waals surface area (Å²) in [6, 6.07) is 5.56. The highest BCUT2D eigenvalue weighted by Crippen LogP contribution is 2.17. The van der Waals surface area contributed by atoms with Gasteiger partial charge in [-0.15, -0.1) is 0 Å². The first kappa shape index (κ1) is 10.7. The van der Waals surface area contributed by atoms with Crippen molar-refractivity contribution in [2.75, 3.05) is 6.61 Å². The van der Waals surface area contributed by atoms with Crippen molar-refractivity contribution in [2.45, 2.75) is 19.8 Å². The molecule has 1 amide bonds. The van der Waals surface area contributed by atoms with Crippen molar-refractivity contribution in [1.29, 1.82) is 0 Å². The third-order valence-corrected chi connectivity index (χ3v) is 2.73. The maximum absolute atomic E-state index is 11.3. The van der Waals surface area contributed by atoms with Crippen molar-refractivity contribution in [3.63, 3.8) is 0 Å². The molecule has 1 heterocycles. The smallest absolute Gasteiger partial charge is 0.248 e. The molecule has 0 aliphatic carbocycles. The number of aryl methyl sites for hydroxylation is 1. The SMILES string of the molecule is Cc1cccc(C(N)=O)c1CC1=NOCC1. The summed E-state index contributed by atoms with van der Waals surface area (Å²) < 4.78 is 0. The van der Waals surface area contributed by atoms with Gasteiger partial charge >= 0.3 is 0 Å². The molecule has 84 valence electrons. The molecule has 16 heavy (non-hydrogen) atoms. The van der Waals surface area contributed by atoms with Crippen LogP contribution in [0.3, 0.4) is 0 Å². The second-order valence-corrected chi connectivity index (χ2v) is 3.88. The Hall–Kier alpha value is -1.84. The minimum Gasteiger partial charge on any atom is -0.395 e. The Balaban J connectivity index is 2.34. The Morgan fingerprint density at radius 2 is 2.38 bits per heavy atom. The molecule has 0 fully saturated rings. The van der Waals surface area contributed by atoms with Crippen LogP contribution in [-0.2, 0) is 11.3 Å². The van der Waals surface area contributed by atoms with Crippen LogP contribution in [0.4, 0.5) is 0 Å². The lowest BCUT2D eigenvalue weighted by Gasteiger charge is -2.09. The number of carbonyl (C=O) groups excluding carboxylic acids is 1. The summed E-state index contributed by atoms with van der Waals surface area (Å²) in [5.74, 6) is -0.391. The lowest BCUT2D eigenvalue weighted by molar-refractivity contribution is 0.0999. The Morgan fingerprint density at radius 3 is 3.00 bits per heavy atom. The van der Waals surface area contributed by atoms with Crippen LogP contribution in [0.25, 0.3) is 0 Å². The van der Waals surface area contributed by atoms with Crippen LogP contribution in [0.15, 0.2) is 23.4 Å². The molecule has 2 N–H and O–H groups in total. The summed E-state index contributed by atoms with van der Waals surface area (Å²) in [6.07, 6.45) is 1.47. The van der Waals surface area contributed by atoms with Crippen LogP contribution in [0.1, 0.15) is 27.9 Å². The van der Waals surface area contributed by atoms with Gasteiger partial charge in [-0.25, -0.2) is 0 Å². The van der Waals surface area contributed by atoms with Gasteiger partial charge in [0.1, 0.15) is 6.61 Å². The molecule has 4 nitrogen and oxygen atoms in total. The number of primary amides is 1. The molecule has 2 rings (SSSR count). The molecule has 1 aromatic rings. The third-order valence-electron chi connectivity index (χ3n) is 2.73. The van der Waals surface area contributed by atoms with Gasteiger partial charge in [0.15, 0.2) is 0 Å². The largest absolute Gasteiger partial charge is 0.395 e. The Kier molecular flexibility index (Phi) is 2.90. The molecule has 0 radical (unpaired) electrons. The average molecular weight is 218 g/mol. The van der Waals surface area contributed by atoms with Crippen molar-refractivity contribution in [2.24, 2.45) is 10.9 Å². The molecule has 0 bridgehead atoms. The predicted molar refractivity (Wildman–Crippen MR) is 61.4 cm³/mol. The molecular formula is C12H14N2O2. The van der Waals surface area contributed by atoms with Gasteiger partial charge in [0.2, 0.25) is 5.91 Å². The maximum atomic E-state index is 11.3. The average Bonchev–Trinajstić information content (AvgIpc) is 2.73. The van der Waals surface area contributed by atoms with Gasteiger partial charge in [0, 0.05) is 18.4 Å². The topological polar surface area (TPSA) is 64.7 Å². The molecule has 0 unspecified atom stereocenters. The van der Waals surface area contributed by atoms with E-state index in [1.165, 1.54) is 0 Å². The monoisotopic (exact) mass is 218 g/mol. The first-order valence-corrected chi connectivity index (χ1v) is 5.24. The molecular weight excluding hydrogens is 204 g/mol. The van der Waals surface area contributed by atoms with Gasteiger partial charge in [-0.2, -0.15) is 0 Å². The molecule has 1 aliphatic heterocycles. The summed E-state index contributed by atoms with van der Waals surface area (Å²) in [5, 5.41) is 3.94. The van der Waals surface area contributed by atoms with Crippen molar-refractivity contribution < 1.29 is 9.63 Å². The molecule has 0 atom stereocenters. The van der Waals surface area contributed by atoms with E-state index >= 15 is 0 Å². The van der Waals surface area contributed by atoms with Crippen LogP contribution in [0.5, 0.6) is 0 Å². The fourth-order valence-electron chi connectivity index (χ4n) is 1.84. The quantitative estimate of drug-likeness (QED) is 0.833. The highest BCUT2D eigenvalue weighted by molar-refractivity contribution is 5.97. The summed E-state index contributed by atoms with van der Waals surface area (Å²) in [6.45, 7) is 2.60. The van der Waals surface area contributed by atoms with Crippen LogP contribution >= 0.6 is 0 Å². The van der Waals surface area contributed by atoms with Gasteiger partial charge in [0.25, 0.3) is 0 Å². The second-order valence-electron chi connectivity index (χ2n) is 3.88. The van der Waals surface area contributed by atoms with Crippen LogP contribution in [0, 0.1) is 6.92 Å². The number of nitrogens with two attached hydrogens (primary N) is 1. The summed E-state index contributed by atoms with van der Waals surface area (Å²) >= 11 is 0. The molecule has 0 saturated heterocycles. The van der Waals surface area contributed by atoms with Crippen LogP contribution < -0.4 is 5.73 Å². The van der Waals surface area contributed by atoms with E-state index in [4.69, 9.17) is 10.6 Å². The summed E-state index contributed by atoms with van der Waals surface area (Å²) in [7, 11) is 0. The highest BCUT2D eigenvalue weighted by Gasteiger charge is 2.15. The van der Waals surface area contributed by atoms with E-state index in [0.29, 0.717) is 18.6 Å². The van der Waals surface area contributed by atoms with E-state index in [1.54, 1.807) is 6.07 Å². The zero-order valence-corrected chi connectivity index (χ0v) is 9.19. The highest BCUT2D eigenvalue weighted by atomic mass is 16.6. The molecule has 4 heteroatoms. The van der Waals surface area contributed by atoms with E-state index in [2.05, 4.69) is 5.16 Å². The van der Waals surface area contributed by atoms with Gasteiger partial charge in [0.05, 0.1) is 5.71 Å². The maximum Gasteiger partial charge on any atom is 0.248 e. The minimum absolute atomic E-state index is 0.391. The van der Waals surface area contributed by atoms with Gasteiger partial charge in [-0.05, 0) is 24.1 Å². The van der Waals surface area contributed by atoms with Gasteiger partial charge in [-0.1, -0.05) is 17.3 Å². The summed E-state index contributed by atoms with van der Waals surface area (Å²) in [5.41, 5.74) is 8.91. The zero-order chi connectivity index (χ0) is 11.5. The number of benzene rings is 1. The van der Waals surface area contributed by atoms with Crippen molar-refractivity contribution in [3.8, 4) is 0 Å². The van der Waals surface area contributed by atoms with Crippen molar-refractivity contribution in [3.05, 3.63) is 34.9 Å². The third kappa shape index (κ3) is 2.05. The standard InChI is InChI=1S/C12H14N2O2/c1-8-3-2-4-10(12(13)15)11(8)7-9-5-6-16-14-9/h2-4H,5-7H2,1H3,(H2,13,15). The zero-order valence-electron chi connectivity index (χ0n) is 9.19. The first-order valence-electron chi connectivity index (χ1n) is 5.24. The number of amides is 1.